The van der Waals surface area contributed by atoms with E-state index >= 15 is 0 Å². The number of phenolic OH excluding ortho intramolecular Hbond substituents is 2. The molecular formula is C19H16N2O4. The number of anilines is 1. The Morgan fingerprint density at radius 3 is 2.04 bits per heavy atom. The molecule has 6 heteroatoms. The van der Waals surface area contributed by atoms with Gasteiger partial charge in [0.2, 0.25) is 0 Å². The van der Waals surface area contributed by atoms with Gasteiger partial charge in [-0.2, -0.15) is 0 Å². The van der Waals surface area contributed by atoms with E-state index in [1.54, 1.807) is 31.2 Å². The Bertz CT molecular complexity index is 881. The third-order valence-corrected chi connectivity index (χ3v) is 3.83. The number of allylic oxidation sites excluding steroid dienone is 2. The molecule has 0 bridgehead atoms. The van der Waals surface area contributed by atoms with Crippen molar-refractivity contribution >= 4 is 28.7 Å². The highest BCUT2D eigenvalue weighted by Gasteiger charge is 2.32. The molecule has 0 saturated carbocycles. The van der Waals surface area contributed by atoms with Gasteiger partial charge in [-0.15, -0.1) is 0 Å². The van der Waals surface area contributed by atoms with Crippen molar-refractivity contribution in [2.24, 2.45) is 10.9 Å². The number of aromatic hydroxyl groups is 2. The standard InChI is InChI=1S/C19H16N2O4/c1-11-18(24)16(20-12-2-6-14(22)7-3-12)10-17(19(11)25)21-13-4-8-15(23)9-5-13/h2-11,20,22-23H,1H3. The molecule has 0 fully saturated rings. The van der Waals surface area contributed by atoms with Crippen LogP contribution in [-0.4, -0.2) is 27.5 Å². The van der Waals surface area contributed by atoms with E-state index in [1.807, 2.05) is 0 Å². The topological polar surface area (TPSA) is 99.0 Å². The number of Topliss-reactive ketones (excluding diaryl/α,β-unsaturated/α-hetero) is 2. The maximum atomic E-state index is 12.4. The van der Waals surface area contributed by atoms with E-state index in [0.717, 1.165) is 0 Å². The molecule has 6 nitrogen and oxygen atoms in total. The fourth-order valence-electron chi connectivity index (χ4n) is 2.40. The number of carbonyl (C=O) groups excluding carboxylic acids is 2. The van der Waals surface area contributed by atoms with Gasteiger partial charge in [0.05, 0.1) is 17.3 Å². The fraction of sp³-hybridized carbons (Fsp3) is 0.105. The van der Waals surface area contributed by atoms with Crippen LogP contribution in [0.1, 0.15) is 6.92 Å². The molecule has 0 saturated heterocycles. The SMILES string of the molecule is CC1C(=O)C(Nc2ccc(O)cc2)=CC(=Nc2ccc(O)cc2)C1=O. The van der Waals surface area contributed by atoms with Crippen molar-refractivity contribution in [1.29, 1.82) is 0 Å². The summed E-state index contributed by atoms with van der Waals surface area (Å²) in [4.78, 5) is 29.0. The first-order chi connectivity index (χ1) is 11.9. The lowest BCUT2D eigenvalue weighted by Crippen LogP contribution is -2.35. The van der Waals surface area contributed by atoms with Crippen LogP contribution in [0.2, 0.25) is 0 Å². The van der Waals surface area contributed by atoms with Gasteiger partial charge in [-0.3, -0.25) is 9.59 Å². The second kappa shape index (κ2) is 6.60. The number of hydrogen-bond acceptors (Lipinski definition) is 6. The number of hydrogen-bond donors (Lipinski definition) is 3. The predicted octanol–water partition coefficient (Wildman–Crippen LogP) is 2.95. The smallest absolute Gasteiger partial charge is 0.191 e. The average molecular weight is 336 g/mol. The van der Waals surface area contributed by atoms with Crippen LogP contribution >= 0.6 is 0 Å². The summed E-state index contributed by atoms with van der Waals surface area (Å²) in [5.74, 6) is -1.28. The van der Waals surface area contributed by atoms with E-state index in [-0.39, 0.29) is 34.5 Å². The Balaban J connectivity index is 1.95. The van der Waals surface area contributed by atoms with Crippen LogP contribution in [0.4, 0.5) is 11.4 Å². The number of benzene rings is 2. The number of ketones is 2. The van der Waals surface area contributed by atoms with Crippen molar-refractivity contribution in [3.8, 4) is 11.5 Å². The van der Waals surface area contributed by atoms with Crippen LogP contribution in [0.25, 0.3) is 0 Å². The minimum Gasteiger partial charge on any atom is -0.508 e. The second-order valence-electron chi connectivity index (χ2n) is 5.69. The van der Waals surface area contributed by atoms with Crippen molar-refractivity contribution in [3.05, 3.63) is 60.3 Å². The molecule has 0 heterocycles. The molecule has 3 rings (SSSR count). The highest BCUT2D eigenvalue weighted by Crippen LogP contribution is 2.23. The van der Waals surface area contributed by atoms with Gasteiger partial charge in [0.25, 0.3) is 0 Å². The molecule has 1 atom stereocenters. The van der Waals surface area contributed by atoms with E-state index in [1.165, 1.54) is 30.3 Å². The summed E-state index contributed by atoms with van der Waals surface area (Å²) in [6.45, 7) is 1.54. The molecule has 0 amide bonds. The third-order valence-electron chi connectivity index (χ3n) is 3.83. The van der Waals surface area contributed by atoms with Crippen molar-refractivity contribution in [3.63, 3.8) is 0 Å². The monoisotopic (exact) mass is 336 g/mol. The van der Waals surface area contributed by atoms with E-state index in [0.29, 0.717) is 11.4 Å². The molecule has 0 aliphatic heterocycles. The van der Waals surface area contributed by atoms with Gasteiger partial charge >= 0.3 is 0 Å². The predicted molar refractivity (Wildman–Crippen MR) is 94.2 cm³/mol. The van der Waals surface area contributed by atoms with E-state index < -0.39 is 5.92 Å². The molecule has 126 valence electrons. The van der Waals surface area contributed by atoms with Crippen LogP contribution in [0.15, 0.2) is 65.3 Å². The number of carbonyl (C=O) groups is 2. The zero-order chi connectivity index (χ0) is 18.0. The lowest BCUT2D eigenvalue weighted by molar-refractivity contribution is -0.126. The van der Waals surface area contributed by atoms with Gasteiger partial charge in [-0.1, -0.05) is 0 Å². The summed E-state index contributed by atoms with van der Waals surface area (Å²) in [5, 5.41) is 21.6. The first-order valence-electron chi connectivity index (χ1n) is 7.68. The number of nitrogens with one attached hydrogen (secondary N) is 1. The average Bonchev–Trinajstić information content (AvgIpc) is 2.61. The molecule has 1 aliphatic carbocycles. The molecule has 2 aromatic rings. The number of aliphatic imine (C=N–C) groups is 1. The maximum absolute atomic E-state index is 12.4. The van der Waals surface area contributed by atoms with E-state index in [2.05, 4.69) is 10.3 Å². The largest absolute Gasteiger partial charge is 0.508 e. The molecule has 0 aromatic heterocycles. The molecular weight excluding hydrogens is 320 g/mol. The van der Waals surface area contributed by atoms with Crippen LogP contribution < -0.4 is 5.32 Å². The first-order valence-corrected chi connectivity index (χ1v) is 7.68. The zero-order valence-corrected chi connectivity index (χ0v) is 13.4. The Hall–Kier alpha value is -3.41. The van der Waals surface area contributed by atoms with E-state index in [4.69, 9.17) is 0 Å². The van der Waals surface area contributed by atoms with Crippen LogP contribution in [0.5, 0.6) is 11.5 Å². The summed E-state index contributed by atoms with van der Waals surface area (Å²) in [7, 11) is 0. The summed E-state index contributed by atoms with van der Waals surface area (Å²) >= 11 is 0. The molecule has 0 radical (unpaired) electrons. The van der Waals surface area contributed by atoms with Crippen molar-refractivity contribution in [2.45, 2.75) is 6.92 Å². The van der Waals surface area contributed by atoms with Crippen molar-refractivity contribution in [1.82, 2.24) is 0 Å². The zero-order valence-electron chi connectivity index (χ0n) is 13.4. The minimum absolute atomic E-state index is 0.104. The van der Waals surface area contributed by atoms with Gasteiger partial charge in [-0.05, 0) is 61.5 Å². The summed E-state index contributed by atoms with van der Waals surface area (Å²) in [5.41, 5.74) is 1.54. The van der Waals surface area contributed by atoms with Gasteiger partial charge in [0, 0.05) is 5.69 Å². The molecule has 2 aromatic carbocycles. The number of nitrogens with zero attached hydrogens (tertiary/aromatic N) is 1. The quantitative estimate of drug-likeness (QED) is 0.591. The Kier molecular flexibility index (Phi) is 4.35. The Labute approximate surface area is 144 Å². The first kappa shape index (κ1) is 16.4. The van der Waals surface area contributed by atoms with E-state index in [9.17, 15) is 19.8 Å². The summed E-state index contributed by atoms with van der Waals surface area (Å²) in [6.07, 6.45) is 1.42. The molecule has 3 N–H and O–H groups in total. The summed E-state index contributed by atoms with van der Waals surface area (Å²) < 4.78 is 0. The highest BCUT2D eigenvalue weighted by molar-refractivity contribution is 6.51. The Morgan fingerprint density at radius 1 is 0.880 bits per heavy atom. The lowest BCUT2D eigenvalue weighted by Gasteiger charge is -2.19. The summed E-state index contributed by atoms with van der Waals surface area (Å²) in [6, 6.07) is 12.4. The maximum Gasteiger partial charge on any atom is 0.191 e. The fourth-order valence-corrected chi connectivity index (χ4v) is 2.40. The third kappa shape index (κ3) is 3.58. The Morgan fingerprint density at radius 2 is 1.44 bits per heavy atom. The highest BCUT2D eigenvalue weighted by atomic mass is 16.3. The van der Waals surface area contributed by atoms with Crippen LogP contribution in [-0.2, 0) is 9.59 Å². The molecule has 25 heavy (non-hydrogen) atoms. The van der Waals surface area contributed by atoms with Crippen LogP contribution in [0.3, 0.4) is 0 Å². The van der Waals surface area contributed by atoms with Gasteiger partial charge in [0.15, 0.2) is 11.6 Å². The number of phenols is 2. The van der Waals surface area contributed by atoms with Crippen LogP contribution in [0, 0.1) is 5.92 Å². The van der Waals surface area contributed by atoms with Crippen molar-refractivity contribution in [2.75, 3.05) is 5.32 Å². The molecule has 1 unspecified atom stereocenters. The van der Waals surface area contributed by atoms with Crippen molar-refractivity contribution < 1.29 is 19.8 Å². The second-order valence-corrected chi connectivity index (χ2v) is 5.69. The minimum atomic E-state index is -0.833. The normalized spacial score (nSPS) is 19.0. The van der Waals surface area contributed by atoms with Gasteiger partial charge in [-0.25, -0.2) is 4.99 Å². The number of rotatable bonds is 3. The molecule has 1 aliphatic rings. The van der Waals surface area contributed by atoms with Gasteiger partial charge in [0.1, 0.15) is 17.2 Å². The lowest BCUT2D eigenvalue weighted by atomic mass is 9.89. The molecule has 0 spiro atoms. The van der Waals surface area contributed by atoms with Gasteiger partial charge < -0.3 is 15.5 Å².